The minimum absolute atomic E-state index is 0.0396. The second-order valence-electron chi connectivity index (χ2n) is 8.19. The van der Waals surface area contributed by atoms with E-state index < -0.39 is 10.0 Å². The van der Waals surface area contributed by atoms with Crippen molar-refractivity contribution in [2.24, 2.45) is 5.92 Å². The fraction of sp³-hybridized carbons (Fsp3) is 0.435. The van der Waals surface area contributed by atoms with Crippen LogP contribution in [-0.4, -0.2) is 31.7 Å². The first-order valence-corrected chi connectivity index (χ1v) is 12.0. The van der Waals surface area contributed by atoms with Crippen LogP contribution in [0.1, 0.15) is 48.1 Å². The van der Waals surface area contributed by atoms with Crippen molar-refractivity contribution < 1.29 is 13.2 Å². The zero-order valence-corrected chi connectivity index (χ0v) is 19.5. The molecule has 0 bridgehead atoms. The zero-order valence-electron chi connectivity index (χ0n) is 17.9. The number of halogens is 1. The van der Waals surface area contributed by atoms with Gasteiger partial charge in [0.1, 0.15) is 0 Å². The number of sulfonamides is 1. The van der Waals surface area contributed by atoms with Crippen molar-refractivity contribution in [3.05, 3.63) is 63.7 Å². The van der Waals surface area contributed by atoms with Crippen LogP contribution in [0.3, 0.4) is 0 Å². The van der Waals surface area contributed by atoms with Crippen molar-refractivity contribution >= 4 is 27.5 Å². The standard InChI is InChI=1S/C23H29ClN2O3S/c1-15-12-16(2)22(17(3)13-15)30(28,29)26-10-8-19(9-11-26)23(27)25-18(4)20-6-5-7-21(24)14-20/h5-7,12-14,18-19H,8-11H2,1-4H3,(H,25,27). The van der Waals surface area contributed by atoms with Gasteiger partial charge in [0.2, 0.25) is 15.9 Å². The highest BCUT2D eigenvalue weighted by Gasteiger charge is 2.34. The third kappa shape index (κ3) is 4.88. The molecule has 1 heterocycles. The summed E-state index contributed by atoms with van der Waals surface area (Å²) in [4.78, 5) is 13.1. The monoisotopic (exact) mass is 448 g/mol. The Morgan fingerprint density at radius 1 is 1.10 bits per heavy atom. The summed E-state index contributed by atoms with van der Waals surface area (Å²) >= 11 is 6.04. The van der Waals surface area contributed by atoms with Gasteiger partial charge >= 0.3 is 0 Å². The van der Waals surface area contributed by atoms with Gasteiger partial charge in [0, 0.05) is 24.0 Å². The van der Waals surface area contributed by atoms with Crippen LogP contribution in [-0.2, 0) is 14.8 Å². The van der Waals surface area contributed by atoms with Gasteiger partial charge in [-0.1, -0.05) is 41.4 Å². The quantitative estimate of drug-likeness (QED) is 0.729. The minimum atomic E-state index is -3.57. The Morgan fingerprint density at radius 3 is 2.27 bits per heavy atom. The molecule has 1 aliphatic heterocycles. The maximum absolute atomic E-state index is 13.2. The molecule has 1 unspecified atom stereocenters. The topological polar surface area (TPSA) is 66.5 Å². The van der Waals surface area contributed by atoms with Crippen molar-refractivity contribution in [1.82, 2.24) is 9.62 Å². The molecule has 5 nitrogen and oxygen atoms in total. The van der Waals surface area contributed by atoms with Gasteiger partial charge < -0.3 is 5.32 Å². The number of carbonyl (C=O) groups excluding carboxylic acids is 1. The van der Waals surface area contributed by atoms with Gasteiger partial charge in [0.15, 0.2) is 0 Å². The molecular weight excluding hydrogens is 420 g/mol. The van der Waals surface area contributed by atoms with E-state index in [-0.39, 0.29) is 17.9 Å². The highest BCUT2D eigenvalue weighted by atomic mass is 35.5. The molecule has 1 aliphatic rings. The Labute approximate surface area is 184 Å². The van der Waals surface area contributed by atoms with Crippen LogP contribution in [0.5, 0.6) is 0 Å². The van der Waals surface area contributed by atoms with E-state index in [9.17, 15) is 13.2 Å². The third-order valence-electron chi connectivity index (χ3n) is 5.73. The van der Waals surface area contributed by atoms with E-state index in [1.54, 1.807) is 6.07 Å². The molecule has 0 radical (unpaired) electrons. The summed E-state index contributed by atoms with van der Waals surface area (Å²) in [5, 5.41) is 3.67. The SMILES string of the molecule is Cc1cc(C)c(S(=O)(=O)N2CCC(C(=O)NC(C)c3cccc(Cl)c3)CC2)c(C)c1. The summed E-state index contributed by atoms with van der Waals surface area (Å²) in [6, 6.07) is 11.1. The fourth-order valence-electron chi connectivity index (χ4n) is 4.25. The first-order chi connectivity index (χ1) is 14.1. The van der Waals surface area contributed by atoms with Crippen LogP contribution in [0.2, 0.25) is 5.02 Å². The summed E-state index contributed by atoms with van der Waals surface area (Å²) in [5.41, 5.74) is 3.53. The fourth-order valence-corrected chi connectivity index (χ4v) is 6.33. The first kappa shape index (κ1) is 22.8. The Morgan fingerprint density at radius 2 is 1.70 bits per heavy atom. The lowest BCUT2D eigenvalue weighted by Gasteiger charge is -2.32. The summed E-state index contributed by atoms with van der Waals surface area (Å²) < 4.78 is 28.0. The number of nitrogens with one attached hydrogen (secondary N) is 1. The Balaban J connectivity index is 1.65. The Bertz CT molecular complexity index is 1020. The highest BCUT2D eigenvalue weighted by molar-refractivity contribution is 7.89. The Kier molecular flexibility index (Phi) is 6.90. The van der Waals surface area contributed by atoms with Gasteiger partial charge in [-0.05, 0) is 69.4 Å². The van der Waals surface area contributed by atoms with Gasteiger partial charge in [0.05, 0.1) is 10.9 Å². The predicted octanol–water partition coefficient (Wildman–Crippen LogP) is 4.54. The van der Waals surface area contributed by atoms with Crippen molar-refractivity contribution in [3.8, 4) is 0 Å². The lowest BCUT2D eigenvalue weighted by atomic mass is 9.96. The number of nitrogens with zero attached hydrogens (tertiary/aromatic N) is 1. The number of aryl methyl sites for hydroxylation is 3. The van der Waals surface area contributed by atoms with E-state index >= 15 is 0 Å². The molecule has 0 aliphatic carbocycles. The van der Waals surface area contributed by atoms with Crippen molar-refractivity contribution in [3.63, 3.8) is 0 Å². The molecule has 7 heteroatoms. The number of rotatable bonds is 5. The normalized spacial score (nSPS) is 17.0. The van der Waals surface area contributed by atoms with E-state index in [0.29, 0.717) is 35.8 Å². The molecule has 0 saturated carbocycles. The van der Waals surface area contributed by atoms with Crippen LogP contribution in [0.15, 0.2) is 41.3 Å². The molecular formula is C23H29ClN2O3S. The highest BCUT2D eigenvalue weighted by Crippen LogP contribution is 2.29. The van der Waals surface area contributed by atoms with E-state index in [2.05, 4.69) is 5.32 Å². The van der Waals surface area contributed by atoms with Gasteiger partial charge in [0.25, 0.3) is 0 Å². The molecule has 3 rings (SSSR count). The van der Waals surface area contributed by atoms with Crippen molar-refractivity contribution in [2.75, 3.05) is 13.1 Å². The molecule has 1 amide bonds. The zero-order chi connectivity index (χ0) is 22.1. The third-order valence-corrected chi connectivity index (χ3v) is 8.17. The average molecular weight is 449 g/mol. The van der Waals surface area contributed by atoms with Crippen LogP contribution in [0.4, 0.5) is 0 Å². The van der Waals surface area contributed by atoms with E-state index in [1.165, 1.54) is 4.31 Å². The average Bonchev–Trinajstić information content (AvgIpc) is 2.67. The molecule has 30 heavy (non-hydrogen) atoms. The lowest BCUT2D eigenvalue weighted by Crippen LogP contribution is -2.43. The van der Waals surface area contributed by atoms with Crippen LogP contribution < -0.4 is 5.32 Å². The lowest BCUT2D eigenvalue weighted by molar-refractivity contribution is -0.126. The van der Waals surface area contributed by atoms with Gasteiger partial charge in [-0.3, -0.25) is 4.79 Å². The number of piperidine rings is 1. The number of hydrogen-bond donors (Lipinski definition) is 1. The molecule has 162 valence electrons. The molecule has 2 aromatic rings. The molecule has 0 aromatic heterocycles. The van der Waals surface area contributed by atoms with Crippen molar-refractivity contribution in [1.29, 1.82) is 0 Å². The van der Waals surface area contributed by atoms with Crippen LogP contribution in [0, 0.1) is 26.7 Å². The summed E-state index contributed by atoms with van der Waals surface area (Å²) in [6.07, 6.45) is 1.02. The number of amides is 1. The summed E-state index contributed by atoms with van der Waals surface area (Å²) in [7, 11) is -3.57. The molecule has 1 saturated heterocycles. The van der Waals surface area contributed by atoms with Gasteiger partial charge in [-0.2, -0.15) is 4.31 Å². The van der Waals surface area contributed by atoms with E-state index in [4.69, 9.17) is 11.6 Å². The first-order valence-electron chi connectivity index (χ1n) is 10.2. The maximum atomic E-state index is 13.2. The second kappa shape index (κ2) is 9.08. The van der Waals surface area contributed by atoms with Crippen LogP contribution in [0.25, 0.3) is 0 Å². The second-order valence-corrected chi connectivity index (χ2v) is 10.5. The number of carbonyl (C=O) groups is 1. The number of benzene rings is 2. The molecule has 1 fully saturated rings. The molecule has 1 N–H and O–H groups in total. The molecule has 1 atom stereocenters. The molecule has 2 aromatic carbocycles. The predicted molar refractivity (Wildman–Crippen MR) is 120 cm³/mol. The van der Waals surface area contributed by atoms with Gasteiger partial charge in [-0.25, -0.2) is 8.42 Å². The van der Waals surface area contributed by atoms with Crippen LogP contribution >= 0.6 is 11.6 Å². The summed E-state index contributed by atoms with van der Waals surface area (Å²) in [5.74, 6) is -0.236. The van der Waals surface area contributed by atoms with Gasteiger partial charge in [-0.15, -0.1) is 0 Å². The maximum Gasteiger partial charge on any atom is 0.243 e. The molecule has 0 spiro atoms. The number of hydrogen-bond acceptors (Lipinski definition) is 3. The largest absolute Gasteiger partial charge is 0.349 e. The van der Waals surface area contributed by atoms with E-state index in [0.717, 1.165) is 22.3 Å². The minimum Gasteiger partial charge on any atom is -0.349 e. The smallest absolute Gasteiger partial charge is 0.243 e. The summed E-state index contributed by atoms with van der Waals surface area (Å²) in [6.45, 7) is 8.25. The van der Waals surface area contributed by atoms with E-state index in [1.807, 2.05) is 58.0 Å². The Hall–Kier alpha value is -1.89. The van der Waals surface area contributed by atoms with Crippen molar-refractivity contribution in [2.45, 2.75) is 51.5 Å².